The van der Waals surface area contributed by atoms with E-state index < -0.39 is 0 Å². The van der Waals surface area contributed by atoms with Gasteiger partial charge in [0.25, 0.3) is 0 Å². The van der Waals surface area contributed by atoms with Gasteiger partial charge in [-0.25, -0.2) is 4.99 Å². The fourth-order valence-corrected chi connectivity index (χ4v) is 2.25. The summed E-state index contributed by atoms with van der Waals surface area (Å²) >= 11 is 0. The van der Waals surface area contributed by atoms with E-state index >= 15 is 0 Å². The zero-order valence-electron chi connectivity index (χ0n) is 16.2. The number of rotatable bonds is 11. The van der Waals surface area contributed by atoms with Gasteiger partial charge in [-0.15, -0.1) is 0 Å². The first kappa shape index (κ1) is 21.1. The van der Waals surface area contributed by atoms with E-state index in [1.807, 2.05) is 25.1 Å². The van der Waals surface area contributed by atoms with Crippen LogP contribution in [-0.4, -0.2) is 46.5 Å². The van der Waals surface area contributed by atoms with Crippen molar-refractivity contribution in [2.75, 3.05) is 40.5 Å². The van der Waals surface area contributed by atoms with Crippen molar-refractivity contribution >= 4 is 5.96 Å². The van der Waals surface area contributed by atoms with Gasteiger partial charge < -0.3 is 24.8 Å². The van der Waals surface area contributed by atoms with Crippen molar-refractivity contribution in [3.8, 4) is 11.5 Å². The van der Waals surface area contributed by atoms with E-state index in [2.05, 4.69) is 29.5 Å². The molecule has 0 amide bonds. The Labute approximate surface area is 152 Å². The van der Waals surface area contributed by atoms with Crippen LogP contribution in [0.15, 0.2) is 23.2 Å². The Morgan fingerprint density at radius 3 is 2.56 bits per heavy atom. The Morgan fingerprint density at radius 2 is 1.92 bits per heavy atom. The van der Waals surface area contributed by atoms with Crippen molar-refractivity contribution in [1.82, 2.24) is 10.6 Å². The lowest BCUT2D eigenvalue weighted by molar-refractivity contribution is 0.128. The molecule has 0 atom stereocenters. The second-order valence-electron chi connectivity index (χ2n) is 6.07. The first-order chi connectivity index (χ1) is 12.1. The maximum atomic E-state index is 5.62. The van der Waals surface area contributed by atoms with Gasteiger partial charge in [0.15, 0.2) is 17.5 Å². The first-order valence-electron chi connectivity index (χ1n) is 8.92. The fourth-order valence-electron chi connectivity index (χ4n) is 2.25. The first-order valence-corrected chi connectivity index (χ1v) is 8.92. The molecule has 0 saturated carbocycles. The molecule has 142 valence electrons. The molecule has 6 nitrogen and oxygen atoms in total. The predicted molar refractivity (Wildman–Crippen MR) is 103 cm³/mol. The van der Waals surface area contributed by atoms with Crippen LogP contribution in [0.25, 0.3) is 0 Å². The molecule has 0 unspecified atom stereocenters. The van der Waals surface area contributed by atoms with Gasteiger partial charge in [0.2, 0.25) is 0 Å². The number of ether oxygens (including phenoxy) is 3. The Hall–Kier alpha value is -1.95. The molecule has 0 aliphatic rings. The molecule has 0 saturated heterocycles. The molecule has 2 N–H and O–H groups in total. The molecule has 25 heavy (non-hydrogen) atoms. The van der Waals surface area contributed by atoms with Crippen molar-refractivity contribution in [3.63, 3.8) is 0 Å². The van der Waals surface area contributed by atoms with Crippen molar-refractivity contribution in [2.45, 2.75) is 33.7 Å². The molecule has 0 aromatic heterocycles. The molecule has 0 radical (unpaired) electrons. The number of methoxy groups -OCH3 is 2. The van der Waals surface area contributed by atoms with Crippen molar-refractivity contribution in [2.24, 2.45) is 10.9 Å². The minimum atomic E-state index is 0.504. The van der Waals surface area contributed by atoms with Gasteiger partial charge in [-0.3, -0.25) is 0 Å². The topological polar surface area (TPSA) is 64.1 Å². The van der Waals surface area contributed by atoms with E-state index in [0.717, 1.165) is 43.4 Å². The highest BCUT2D eigenvalue weighted by molar-refractivity contribution is 5.79. The van der Waals surface area contributed by atoms with Crippen molar-refractivity contribution in [1.29, 1.82) is 0 Å². The van der Waals surface area contributed by atoms with Gasteiger partial charge in [-0.1, -0.05) is 26.0 Å². The highest BCUT2D eigenvalue weighted by atomic mass is 16.5. The monoisotopic (exact) mass is 351 g/mol. The van der Waals surface area contributed by atoms with Crippen LogP contribution in [0.5, 0.6) is 11.5 Å². The lowest BCUT2D eigenvalue weighted by atomic mass is 10.1. The van der Waals surface area contributed by atoms with Crippen LogP contribution in [-0.2, 0) is 11.3 Å². The summed E-state index contributed by atoms with van der Waals surface area (Å²) in [5, 5.41) is 6.53. The number of nitrogens with zero attached hydrogens (tertiary/aromatic N) is 1. The Kier molecular flexibility index (Phi) is 10.5. The molecule has 0 aliphatic carbocycles. The van der Waals surface area contributed by atoms with E-state index in [9.17, 15) is 0 Å². The Morgan fingerprint density at radius 1 is 1.12 bits per heavy atom. The zero-order chi connectivity index (χ0) is 18.5. The molecule has 1 rings (SSSR count). The highest BCUT2D eigenvalue weighted by Crippen LogP contribution is 2.30. The number of para-hydroxylation sites is 1. The molecule has 1 aromatic rings. The lowest BCUT2D eigenvalue weighted by Gasteiger charge is -2.14. The summed E-state index contributed by atoms with van der Waals surface area (Å²) in [5.41, 5.74) is 0.979. The second kappa shape index (κ2) is 12.4. The third kappa shape index (κ3) is 8.12. The van der Waals surface area contributed by atoms with Crippen molar-refractivity contribution < 1.29 is 14.2 Å². The van der Waals surface area contributed by atoms with Crippen LogP contribution in [0.3, 0.4) is 0 Å². The van der Waals surface area contributed by atoms with Gasteiger partial charge >= 0.3 is 0 Å². The molecule has 1 aromatic carbocycles. The third-order valence-electron chi connectivity index (χ3n) is 3.61. The van der Waals surface area contributed by atoms with Gasteiger partial charge in [-0.05, 0) is 25.3 Å². The lowest BCUT2D eigenvalue weighted by Crippen LogP contribution is -2.39. The summed E-state index contributed by atoms with van der Waals surface area (Å²) in [7, 11) is 3.28. The smallest absolute Gasteiger partial charge is 0.191 e. The number of aliphatic imine (C=N–C) groups is 1. The summed E-state index contributed by atoms with van der Waals surface area (Å²) in [5.74, 6) is 2.87. The highest BCUT2D eigenvalue weighted by Gasteiger charge is 2.09. The molecule has 0 bridgehead atoms. The predicted octanol–water partition coefficient (Wildman–Crippen LogP) is 2.82. The third-order valence-corrected chi connectivity index (χ3v) is 3.61. The minimum Gasteiger partial charge on any atom is -0.493 e. The fraction of sp³-hybridized carbons (Fsp3) is 0.632. The Bertz CT molecular complexity index is 519. The number of benzene rings is 1. The average molecular weight is 351 g/mol. The number of hydrogen-bond donors (Lipinski definition) is 2. The second-order valence-corrected chi connectivity index (χ2v) is 6.07. The summed E-state index contributed by atoms with van der Waals surface area (Å²) in [6, 6.07) is 5.81. The molecular weight excluding hydrogens is 318 g/mol. The number of guanidine groups is 1. The van der Waals surface area contributed by atoms with Gasteiger partial charge in [0, 0.05) is 25.3 Å². The van der Waals surface area contributed by atoms with Gasteiger partial charge in [-0.2, -0.15) is 0 Å². The Balaban J connectivity index is 2.55. The number of nitrogens with one attached hydrogen (secondary N) is 2. The van der Waals surface area contributed by atoms with Crippen molar-refractivity contribution in [3.05, 3.63) is 23.8 Å². The van der Waals surface area contributed by atoms with E-state index in [4.69, 9.17) is 14.2 Å². The van der Waals surface area contributed by atoms with Crippen LogP contribution in [0, 0.1) is 5.92 Å². The number of hydrogen-bond acceptors (Lipinski definition) is 4. The van der Waals surface area contributed by atoms with E-state index in [-0.39, 0.29) is 0 Å². The molecule has 0 spiro atoms. The maximum absolute atomic E-state index is 5.62. The minimum absolute atomic E-state index is 0.504. The SMILES string of the molecule is CCNC(=NCc1cccc(OC)c1OC)NCCOCCC(C)C. The molecule has 0 fully saturated rings. The summed E-state index contributed by atoms with van der Waals surface area (Å²) < 4.78 is 16.4. The normalized spacial score (nSPS) is 11.5. The van der Waals surface area contributed by atoms with Crippen LogP contribution in [0.4, 0.5) is 0 Å². The molecule has 0 heterocycles. The van der Waals surface area contributed by atoms with Crippen LogP contribution >= 0.6 is 0 Å². The van der Waals surface area contributed by atoms with E-state index in [1.165, 1.54) is 0 Å². The zero-order valence-corrected chi connectivity index (χ0v) is 16.2. The van der Waals surface area contributed by atoms with Gasteiger partial charge in [0.05, 0.1) is 27.4 Å². The molecular formula is C19H33N3O3. The maximum Gasteiger partial charge on any atom is 0.191 e. The average Bonchev–Trinajstić information content (AvgIpc) is 2.61. The van der Waals surface area contributed by atoms with Crippen LogP contribution in [0.1, 0.15) is 32.8 Å². The van der Waals surface area contributed by atoms with Crippen LogP contribution < -0.4 is 20.1 Å². The van der Waals surface area contributed by atoms with Crippen LogP contribution in [0.2, 0.25) is 0 Å². The quantitative estimate of drug-likeness (QED) is 0.365. The summed E-state index contributed by atoms with van der Waals surface area (Å²) in [6.07, 6.45) is 1.09. The van der Waals surface area contributed by atoms with Gasteiger partial charge in [0.1, 0.15) is 0 Å². The van der Waals surface area contributed by atoms with E-state index in [0.29, 0.717) is 24.8 Å². The van der Waals surface area contributed by atoms with E-state index in [1.54, 1.807) is 14.2 Å². The molecule has 6 heteroatoms. The largest absolute Gasteiger partial charge is 0.493 e. The summed E-state index contributed by atoms with van der Waals surface area (Å²) in [4.78, 5) is 4.62. The molecule has 0 aliphatic heterocycles. The summed E-state index contributed by atoms with van der Waals surface area (Å²) in [6.45, 7) is 9.93. The standard InChI is InChI=1S/C19H33N3O3/c1-6-20-19(21-11-13-25-12-10-15(2)3)22-14-16-8-7-9-17(23-4)18(16)24-5/h7-9,15H,6,10-14H2,1-5H3,(H2,20,21,22).